The smallest absolute Gasteiger partial charge is 0.396 e. The number of hydrazine groups is 1. The first-order chi connectivity index (χ1) is 8.58. The highest BCUT2D eigenvalue weighted by Crippen LogP contribution is 2.20. The summed E-state index contributed by atoms with van der Waals surface area (Å²) in [5, 5.41) is 9.01. The van der Waals surface area contributed by atoms with E-state index in [4.69, 9.17) is 16.7 Å². The largest absolute Gasteiger partial charge is 0.474 e. The summed E-state index contributed by atoms with van der Waals surface area (Å²) in [6, 6.07) is 6.95. The lowest BCUT2D eigenvalue weighted by Crippen LogP contribution is -2.35. The van der Waals surface area contributed by atoms with E-state index >= 15 is 0 Å². The van der Waals surface area contributed by atoms with Crippen molar-refractivity contribution in [2.75, 3.05) is 5.43 Å². The van der Waals surface area contributed by atoms with Crippen molar-refractivity contribution in [1.82, 2.24) is 15.4 Å². The number of benzene rings is 1. The molecule has 0 fully saturated rings. The predicted molar refractivity (Wildman–Crippen MR) is 63.9 cm³/mol. The van der Waals surface area contributed by atoms with E-state index in [2.05, 4.69) is 15.4 Å². The molecule has 2 rings (SSSR count). The maximum Gasteiger partial charge on any atom is 0.396 e. The van der Waals surface area contributed by atoms with Crippen molar-refractivity contribution < 1.29 is 14.7 Å². The fourth-order valence-corrected chi connectivity index (χ4v) is 1.49. The number of aromatic nitrogens is 2. The monoisotopic (exact) mass is 266 g/mol. The summed E-state index contributed by atoms with van der Waals surface area (Å²) in [5.41, 5.74) is 4.95. The zero-order valence-electron chi connectivity index (χ0n) is 8.85. The van der Waals surface area contributed by atoms with Crippen molar-refractivity contribution in [2.45, 2.75) is 0 Å². The van der Waals surface area contributed by atoms with Gasteiger partial charge in [-0.15, -0.1) is 0 Å². The zero-order chi connectivity index (χ0) is 13.1. The van der Waals surface area contributed by atoms with Crippen molar-refractivity contribution in [3.05, 3.63) is 29.5 Å². The Labute approximate surface area is 106 Å². The average molecular weight is 267 g/mol. The molecule has 1 aromatic carbocycles. The maximum absolute atomic E-state index is 10.9. The first-order valence-electron chi connectivity index (χ1n) is 4.79. The molecule has 0 bridgehead atoms. The minimum absolute atomic E-state index is 0.0132. The Morgan fingerprint density at radius 3 is 2.67 bits per heavy atom. The summed E-state index contributed by atoms with van der Waals surface area (Å²) in [6.45, 7) is 0. The molecule has 18 heavy (non-hydrogen) atoms. The van der Waals surface area contributed by atoms with E-state index in [9.17, 15) is 9.59 Å². The summed E-state index contributed by atoms with van der Waals surface area (Å²) in [7, 11) is 0. The Bertz CT molecular complexity index is 632. The average Bonchev–Trinajstić information content (AvgIpc) is 2.35. The summed E-state index contributed by atoms with van der Waals surface area (Å²) in [5.74, 6) is -2.58. The Hall–Kier alpha value is -2.41. The van der Waals surface area contributed by atoms with Crippen molar-refractivity contribution >= 4 is 40.2 Å². The van der Waals surface area contributed by atoms with Gasteiger partial charge in [-0.05, 0) is 23.7 Å². The molecule has 0 unspecified atom stereocenters. The normalized spacial score (nSPS) is 10.1. The van der Waals surface area contributed by atoms with Crippen molar-refractivity contribution in [1.29, 1.82) is 0 Å². The zero-order valence-corrected chi connectivity index (χ0v) is 9.60. The lowest BCUT2D eigenvalue weighted by molar-refractivity contribution is -0.149. The molecule has 0 aliphatic heterocycles. The molecule has 1 aromatic heterocycles. The van der Waals surface area contributed by atoms with Crippen LogP contribution in [-0.4, -0.2) is 27.0 Å². The molecule has 0 atom stereocenters. The van der Waals surface area contributed by atoms with Gasteiger partial charge in [0.25, 0.3) is 0 Å². The number of para-hydroxylation sites is 1. The Balaban J connectivity index is 2.32. The van der Waals surface area contributed by atoms with E-state index in [0.717, 1.165) is 0 Å². The number of nitrogens with one attached hydrogen (secondary N) is 2. The van der Waals surface area contributed by atoms with Gasteiger partial charge in [0, 0.05) is 5.39 Å². The number of hydrogen-bond donors (Lipinski definition) is 3. The van der Waals surface area contributed by atoms with Crippen LogP contribution in [-0.2, 0) is 9.59 Å². The second kappa shape index (κ2) is 4.84. The van der Waals surface area contributed by atoms with Crippen LogP contribution in [0.15, 0.2) is 24.3 Å². The van der Waals surface area contributed by atoms with Crippen LogP contribution in [0.2, 0.25) is 5.28 Å². The highest BCUT2D eigenvalue weighted by atomic mass is 35.5. The molecule has 0 spiro atoms. The van der Waals surface area contributed by atoms with Crippen molar-refractivity contribution in [3.8, 4) is 0 Å². The number of nitrogens with zero attached hydrogens (tertiary/aromatic N) is 2. The van der Waals surface area contributed by atoms with Gasteiger partial charge in [0.15, 0.2) is 5.82 Å². The van der Waals surface area contributed by atoms with Crippen molar-refractivity contribution in [2.24, 2.45) is 0 Å². The fourth-order valence-electron chi connectivity index (χ4n) is 1.31. The molecule has 0 radical (unpaired) electrons. The van der Waals surface area contributed by atoms with Gasteiger partial charge < -0.3 is 5.11 Å². The van der Waals surface area contributed by atoms with Gasteiger partial charge in [0.05, 0.1) is 5.52 Å². The van der Waals surface area contributed by atoms with Gasteiger partial charge in [-0.2, -0.15) is 4.98 Å². The van der Waals surface area contributed by atoms with Crippen molar-refractivity contribution in [3.63, 3.8) is 0 Å². The standard InChI is InChI=1S/C10H7ClN4O3/c11-10-12-6-4-2-1-3-5(6)7(13-10)14-15-8(16)9(17)18/h1-4H,(H,15,16)(H,17,18)(H,12,13,14). The van der Waals surface area contributed by atoms with Crippen LogP contribution >= 0.6 is 11.6 Å². The third-order valence-corrected chi connectivity index (χ3v) is 2.23. The number of carbonyl (C=O) groups is 2. The quantitative estimate of drug-likeness (QED) is 0.422. The van der Waals surface area contributed by atoms with Crippen LogP contribution < -0.4 is 10.9 Å². The van der Waals surface area contributed by atoms with Gasteiger partial charge in [-0.1, -0.05) is 12.1 Å². The molecule has 1 heterocycles. The number of carboxylic acid groups (broad SMARTS) is 1. The van der Waals surface area contributed by atoms with Crippen LogP contribution in [0.3, 0.4) is 0 Å². The molecular weight excluding hydrogens is 260 g/mol. The van der Waals surface area contributed by atoms with E-state index in [1.165, 1.54) is 0 Å². The number of carboxylic acids is 1. The van der Waals surface area contributed by atoms with E-state index in [-0.39, 0.29) is 11.1 Å². The lowest BCUT2D eigenvalue weighted by Gasteiger charge is -2.08. The molecule has 0 aliphatic carbocycles. The van der Waals surface area contributed by atoms with E-state index in [0.29, 0.717) is 10.9 Å². The third kappa shape index (κ3) is 2.46. The third-order valence-electron chi connectivity index (χ3n) is 2.06. The minimum Gasteiger partial charge on any atom is -0.474 e. The maximum atomic E-state index is 10.9. The number of rotatable bonds is 2. The number of fused-ring (bicyclic) bond motifs is 1. The Morgan fingerprint density at radius 1 is 1.22 bits per heavy atom. The first kappa shape index (κ1) is 12.1. The van der Waals surface area contributed by atoms with Crippen LogP contribution in [0.5, 0.6) is 0 Å². The first-order valence-corrected chi connectivity index (χ1v) is 5.17. The summed E-state index contributed by atoms with van der Waals surface area (Å²) in [4.78, 5) is 29.1. The minimum atomic E-state index is -1.60. The number of anilines is 1. The highest BCUT2D eigenvalue weighted by Gasteiger charge is 2.12. The summed E-state index contributed by atoms with van der Waals surface area (Å²) in [6.07, 6.45) is 0. The summed E-state index contributed by atoms with van der Waals surface area (Å²) >= 11 is 5.71. The molecule has 0 saturated carbocycles. The Morgan fingerprint density at radius 2 is 1.94 bits per heavy atom. The number of hydrogen-bond acceptors (Lipinski definition) is 5. The molecule has 0 saturated heterocycles. The number of amides is 1. The summed E-state index contributed by atoms with van der Waals surface area (Å²) < 4.78 is 0. The van der Waals surface area contributed by atoms with Gasteiger partial charge in [-0.25, -0.2) is 9.78 Å². The molecule has 1 amide bonds. The molecule has 92 valence electrons. The number of halogens is 1. The highest BCUT2D eigenvalue weighted by molar-refractivity contribution is 6.31. The van der Waals surface area contributed by atoms with Gasteiger partial charge >= 0.3 is 11.9 Å². The van der Waals surface area contributed by atoms with Crippen LogP contribution in [0.4, 0.5) is 5.82 Å². The van der Waals surface area contributed by atoms with Crippen LogP contribution in [0.25, 0.3) is 10.9 Å². The predicted octanol–water partition coefficient (Wildman–Crippen LogP) is 0.811. The van der Waals surface area contributed by atoms with Gasteiger partial charge in [0.2, 0.25) is 5.28 Å². The van der Waals surface area contributed by atoms with Crippen LogP contribution in [0, 0.1) is 0 Å². The van der Waals surface area contributed by atoms with E-state index in [1.54, 1.807) is 24.3 Å². The lowest BCUT2D eigenvalue weighted by atomic mass is 10.2. The molecule has 8 heteroatoms. The SMILES string of the molecule is O=C(O)C(=O)NNc1nc(Cl)nc2ccccc12. The molecule has 0 aliphatic rings. The van der Waals surface area contributed by atoms with E-state index < -0.39 is 11.9 Å². The molecular formula is C10H7ClN4O3. The number of carbonyl (C=O) groups excluding carboxylic acids is 1. The second-order valence-corrected chi connectivity index (χ2v) is 3.58. The van der Waals surface area contributed by atoms with Gasteiger partial charge in [0.1, 0.15) is 0 Å². The Kier molecular flexibility index (Phi) is 3.24. The topological polar surface area (TPSA) is 104 Å². The second-order valence-electron chi connectivity index (χ2n) is 3.24. The van der Waals surface area contributed by atoms with Gasteiger partial charge in [-0.3, -0.25) is 15.6 Å². The van der Waals surface area contributed by atoms with Crippen LogP contribution in [0.1, 0.15) is 0 Å². The number of aliphatic carboxylic acids is 1. The fraction of sp³-hybridized carbons (Fsp3) is 0. The molecule has 3 N–H and O–H groups in total. The van der Waals surface area contributed by atoms with E-state index in [1.807, 2.05) is 5.43 Å². The molecule has 2 aromatic rings. The molecule has 7 nitrogen and oxygen atoms in total.